The van der Waals surface area contributed by atoms with Gasteiger partial charge in [0, 0.05) is 12.2 Å². The number of hydrogen-bond donors (Lipinski definition) is 0. The van der Waals surface area contributed by atoms with Gasteiger partial charge in [0.2, 0.25) is 0 Å². The van der Waals surface area contributed by atoms with Crippen molar-refractivity contribution in [2.45, 2.75) is 58.9 Å². The monoisotopic (exact) mass is 239 g/mol. The summed E-state index contributed by atoms with van der Waals surface area (Å²) in [7, 11) is -1.69. The molecule has 0 aliphatic heterocycles. The standard InChI is InChI=1S/C13H25NOSi/c1-11(9-8-10-14)12(2)15-16(6,7)13(3,4)5/h8-9,11-12H,1-7H3. The molecule has 0 amide bonds. The molecule has 0 aromatic heterocycles. The van der Waals surface area contributed by atoms with Gasteiger partial charge in [-0.05, 0) is 31.0 Å². The van der Waals surface area contributed by atoms with E-state index in [2.05, 4.69) is 47.7 Å². The maximum atomic E-state index is 8.49. The molecule has 0 aliphatic carbocycles. The number of allylic oxidation sites excluding steroid dienone is 1. The van der Waals surface area contributed by atoms with E-state index < -0.39 is 8.32 Å². The van der Waals surface area contributed by atoms with Crippen molar-refractivity contribution >= 4 is 8.32 Å². The van der Waals surface area contributed by atoms with Crippen LogP contribution < -0.4 is 0 Å². The van der Waals surface area contributed by atoms with Gasteiger partial charge in [0.15, 0.2) is 8.32 Å². The van der Waals surface area contributed by atoms with E-state index in [4.69, 9.17) is 9.69 Å². The van der Waals surface area contributed by atoms with Gasteiger partial charge in [0.05, 0.1) is 6.07 Å². The van der Waals surface area contributed by atoms with Crippen molar-refractivity contribution in [3.8, 4) is 6.07 Å². The van der Waals surface area contributed by atoms with Crippen molar-refractivity contribution < 1.29 is 4.43 Å². The minimum atomic E-state index is -1.69. The second-order valence-electron chi connectivity index (χ2n) is 5.93. The van der Waals surface area contributed by atoms with Crippen LogP contribution in [0, 0.1) is 17.2 Å². The first-order chi connectivity index (χ1) is 7.12. The Morgan fingerprint density at radius 3 is 2.12 bits per heavy atom. The molecule has 0 saturated carbocycles. The van der Waals surface area contributed by atoms with E-state index in [9.17, 15) is 0 Å². The Kier molecular flexibility index (Phi) is 5.44. The Labute approximate surface area is 101 Å². The summed E-state index contributed by atoms with van der Waals surface area (Å²) in [5.74, 6) is 0.286. The van der Waals surface area contributed by atoms with Crippen molar-refractivity contribution in [2.75, 3.05) is 0 Å². The van der Waals surface area contributed by atoms with Crippen molar-refractivity contribution in [1.29, 1.82) is 5.26 Å². The summed E-state index contributed by atoms with van der Waals surface area (Å²) in [4.78, 5) is 0. The SMILES string of the molecule is CC(C=CC#N)C(C)O[Si](C)(C)C(C)(C)C. The summed E-state index contributed by atoms with van der Waals surface area (Å²) in [6, 6.07) is 2.02. The van der Waals surface area contributed by atoms with Gasteiger partial charge in [-0.1, -0.05) is 33.8 Å². The lowest BCUT2D eigenvalue weighted by atomic mass is 10.1. The first kappa shape index (κ1) is 15.4. The lowest BCUT2D eigenvalue weighted by Crippen LogP contribution is -2.44. The molecule has 0 aromatic carbocycles. The molecule has 0 rings (SSSR count). The quantitative estimate of drug-likeness (QED) is 0.546. The van der Waals surface area contributed by atoms with Crippen LogP contribution in [0.2, 0.25) is 18.1 Å². The lowest BCUT2D eigenvalue weighted by molar-refractivity contribution is 0.164. The van der Waals surface area contributed by atoms with Crippen LogP contribution in [0.25, 0.3) is 0 Å². The molecule has 0 bridgehead atoms. The molecule has 92 valence electrons. The second kappa shape index (κ2) is 5.65. The van der Waals surface area contributed by atoms with Crippen molar-refractivity contribution in [3.63, 3.8) is 0 Å². The second-order valence-corrected chi connectivity index (χ2v) is 10.7. The molecule has 2 unspecified atom stereocenters. The lowest BCUT2D eigenvalue weighted by Gasteiger charge is -2.39. The molecule has 0 radical (unpaired) electrons. The highest BCUT2D eigenvalue weighted by Gasteiger charge is 2.38. The highest BCUT2D eigenvalue weighted by molar-refractivity contribution is 6.74. The third-order valence-electron chi connectivity index (χ3n) is 3.50. The Morgan fingerprint density at radius 1 is 1.25 bits per heavy atom. The molecule has 0 N–H and O–H groups in total. The van der Waals surface area contributed by atoms with Crippen molar-refractivity contribution in [3.05, 3.63) is 12.2 Å². The van der Waals surface area contributed by atoms with E-state index in [-0.39, 0.29) is 17.1 Å². The molecule has 2 nitrogen and oxygen atoms in total. The van der Waals surface area contributed by atoms with Crippen molar-refractivity contribution in [1.82, 2.24) is 0 Å². The van der Waals surface area contributed by atoms with E-state index in [1.54, 1.807) is 0 Å². The summed E-state index contributed by atoms with van der Waals surface area (Å²) >= 11 is 0. The Balaban J connectivity index is 4.51. The van der Waals surface area contributed by atoms with E-state index >= 15 is 0 Å². The molecule has 0 heterocycles. The molecular formula is C13H25NOSi. The van der Waals surface area contributed by atoms with Gasteiger partial charge in [-0.15, -0.1) is 0 Å². The molecule has 0 saturated heterocycles. The molecule has 3 heteroatoms. The third kappa shape index (κ3) is 4.50. The molecule has 16 heavy (non-hydrogen) atoms. The third-order valence-corrected chi connectivity index (χ3v) is 8.07. The average Bonchev–Trinajstić information content (AvgIpc) is 2.11. The first-order valence-corrected chi connectivity index (χ1v) is 8.77. The van der Waals surface area contributed by atoms with Crippen LogP contribution in [0.5, 0.6) is 0 Å². The molecule has 0 spiro atoms. The Bertz CT molecular complexity index is 283. The minimum absolute atomic E-state index is 0.172. The molecular weight excluding hydrogens is 214 g/mol. The summed E-state index contributed by atoms with van der Waals surface area (Å²) in [5, 5.41) is 8.73. The Morgan fingerprint density at radius 2 is 1.75 bits per heavy atom. The van der Waals surface area contributed by atoms with Crippen LogP contribution in [0.15, 0.2) is 12.2 Å². The van der Waals surface area contributed by atoms with Crippen LogP contribution in [-0.4, -0.2) is 14.4 Å². The first-order valence-electron chi connectivity index (χ1n) is 5.86. The van der Waals surface area contributed by atoms with Gasteiger partial charge >= 0.3 is 0 Å². The topological polar surface area (TPSA) is 33.0 Å². The fraction of sp³-hybridized carbons (Fsp3) is 0.769. The largest absolute Gasteiger partial charge is 0.414 e. The summed E-state index contributed by atoms with van der Waals surface area (Å²) in [6.07, 6.45) is 3.62. The molecule has 0 aliphatic rings. The van der Waals surface area contributed by atoms with Gasteiger partial charge in [0.25, 0.3) is 0 Å². The molecule has 0 fully saturated rings. The number of hydrogen-bond acceptors (Lipinski definition) is 2. The van der Waals surface area contributed by atoms with E-state index in [1.165, 1.54) is 6.08 Å². The smallest absolute Gasteiger partial charge is 0.192 e. The summed E-state index contributed by atoms with van der Waals surface area (Å²) < 4.78 is 6.24. The van der Waals surface area contributed by atoms with Crippen LogP contribution in [0.4, 0.5) is 0 Å². The summed E-state index contributed by atoms with van der Waals surface area (Å²) in [5.41, 5.74) is 0. The minimum Gasteiger partial charge on any atom is -0.414 e. The van der Waals surface area contributed by atoms with Crippen LogP contribution in [0.1, 0.15) is 34.6 Å². The fourth-order valence-corrected chi connectivity index (χ4v) is 2.60. The van der Waals surface area contributed by atoms with Crippen molar-refractivity contribution in [2.24, 2.45) is 5.92 Å². The van der Waals surface area contributed by atoms with Crippen LogP contribution in [0.3, 0.4) is 0 Å². The predicted octanol–water partition coefficient (Wildman–Crippen LogP) is 4.11. The number of nitriles is 1. The maximum absolute atomic E-state index is 8.49. The van der Waals surface area contributed by atoms with Crippen LogP contribution >= 0.6 is 0 Å². The highest BCUT2D eigenvalue weighted by Crippen LogP contribution is 2.38. The zero-order valence-corrected chi connectivity index (χ0v) is 12.7. The van der Waals surface area contributed by atoms with Gasteiger partial charge in [-0.3, -0.25) is 0 Å². The van der Waals surface area contributed by atoms with Crippen LogP contribution in [-0.2, 0) is 4.43 Å². The average molecular weight is 239 g/mol. The maximum Gasteiger partial charge on any atom is 0.192 e. The van der Waals surface area contributed by atoms with Gasteiger partial charge < -0.3 is 4.43 Å². The molecule has 2 atom stereocenters. The normalized spacial score (nSPS) is 17.1. The molecule has 0 aromatic rings. The van der Waals surface area contributed by atoms with E-state index in [0.717, 1.165) is 0 Å². The predicted molar refractivity (Wildman–Crippen MR) is 71.7 cm³/mol. The Hall–Kier alpha value is -0.593. The van der Waals surface area contributed by atoms with Gasteiger partial charge in [0.1, 0.15) is 0 Å². The zero-order chi connectivity index (χ0) is 13.0. The number of nitrogens with zero attached hydrogens (tertiary/aromatic N) is 1. The van der Waals surface area contributed by atoms with Gasteiger partial charge in [-0.25, -0.2) is 0 Å². The number of rotatable bonds is 4. The summed E-state index contributed by atoms with van der Waals surface area (Å²) in [6.45, 7) is 15.4. The fourth-order valence-electron chi connectivity index (χ4n) is 1.10. The van der Waals surface area contributed by atoms with E-state index in [0.29, 0.717) is 0 Å². The highest BCUT2D eigenvalue weighted by atomic mass is 28.4. The zero-order valence-electron chi connectivity index (χ0n) is 11.7. The van der Waals surface area contributed by atoms with Gasteiger partial charge in [-0.2, -0.15) is 5.26 Å². The van der Waals surface area contributed by atoms with E-state index in [1.807, 2.05) is 12.1 Å².